The number of rotatable bonds is 7. The number of benzene rings is 3. The number of carbonyl (C=O) groups is 1. The van der Waals surface area contributed by atoms with E-state index < -0.39 is 11.9 Å². The Morgan fingerprint density at radius 2 is 1.68 bits per heavy atom. The van der Waals surface area contributed by atoms with Gasteiger partial charge in [-0.25, -0.2) is 9.78 Å². The van der Waals surface area contributed by atoms with Crippen LogP contribution >= 0.6 is 11.8 Å². The zero-order valence-corrected chi connectivity index (χ0v) is 20.9. The van der Waals surface area contributed by atoms with E-state index in [2.05, 4.69) is 10.3 Å². The van der Waals surface area contributed by atoms with Crippen molar-refractivity contribution in [1.82, 2.24) is 9.97 Å². The molecule has 1 aromatic heterocycles. The van der Waals surface area contributed by atoms with E-state index in [9.17, 15) is 14.7 Å². The van der Waals surface area contributed by atoms with Gasteiger partial charge in [0.15, 0.2) is 5.16 Å². The largest absolute Gasteiger partial charge is 0.508 e. The SMILES string of the molecule is CCOC(=O)C1=C(c2ccccc2)Nc2nc(SCc3ccccc3)[nH]c(=O)c2C1c1ccc(O)cc1. The maximum Gasteiger partial charge on any atom is 0.337 e. The van der Waals surface area contributed by atoms with Gasteiger partial charge in [0.1, 0.15) is 11.6 Å². The van der Waals surface area contributed by atoms with Crippen molar-refractivity contribution in [3.8, 4) is 5.75 Å². The Labute approximate surface area is 218 Å². The normalized spacial score (nSPS) is 14.6. The average molecular weight is 512 g/mol. The van der Waals surface area contributed by atoms with Gasteiger partial charge in [0.2, 0.25) is 0 Å². The van der Waals surface area contributed by atoms with Crippen molar-refractivity contribution in [3.63, 3.8) is 0 Å². The lowest BCUT2D eigenvalue weighted by atomic mass is 9.81. The lowest BCUT2D eigenvalue weighted by Gasteiger charge is -2.30. The van der Waals surface area contributed by atoms with Gasteiger partial charge in [-0.2, -0.15) is 0 Å². The van der Waals surface area contributed by atoms with Crippen molar-refractivity contribution in [2.24, 2.45) is 0 Å². The van der Waals surface area contributed by atoms with Crippen LogP contribution in [0.1, 0.15) is 35.1 Å². The molecule has 1 aliphatic heterocycles. The van der Waals surface area contributed by atoms with E-state index in [0.29, 0.717) is 39.1 Å². The van der Waals surface area contributed by atoms with Crippen LogP contribution in [0.3, 0.4) is 0 Å². The molecule has 0 amide bonds. The van der Waals surface area contributed by atoms with Gasteiger partial charge in [0.25, 0.3) is 5.56 Å². The number of fused-ring (bicyclic) bond motifs is 1. The van der Waals surface area contributed by atoms with E-state index in [1.54, 1.807) is 19.1 Å². The molecule has 3 aromatic carbocycles. The van der Waals surface area contributed by atoms with E-state index in [1.807, 2.05) is 60.7 Å². The first-order valence-electron chi connectivity index (χ1n) is 11.9. The van der Waals surface area contributed by atoms with Crippen molar-refractivity contribution in [3.05, 3.63) is 123 Å². The fraction of sp³-hybridized carbons (Fsp3) is 0.138. The number of esters is 1. The van der Waals surface area contributed by atoms with Crippen LogP contribution in [0.2, 0.25) is 0 Å². The van der Waals surface area contributed by atoms with Gasteiger partial charge >= 0.3 is 5.97 Å². The number of aromatic nitrogens is 2. The van der Waals surface area contributed by atoms with Crippen LogP contribution in [0.25, 0.3) is 5.70 Å². The molecule has 0 spiro atoms. The fourth-order valence-corrected chi connectivity index (χ4v) is 5.17. The number of aromatic amines is 1. The molecule has 3 N–H and O–H groups in total. The lowest BCUT2D eigenvalue weighted by molar-refractivity contribution is -0.138. The molecule has 0 radical (unpaired) electrons. The van der Waals surface area contributed by atoms with Gasteiger partial charge in [0.05, 0.1) is 29.4 Å². The molecular formula is C29H25N3O4S. The number of phenols is 1. The summed E-state index contributed by atoms with van der Waals surface area (Å²) >= 11 is 1.42. The molecule has 1 atom stereocenters. The van der Waals surface area contributed by atoms with Crippen LogP contribution < -0.4 is 10.9 Å². The summed E-state index contributed by atoms with van der Waals surface area (Å²) < 4.78 is 5.45. The van der Waals surface area contributed by atoms with Gasteiger partial charge in [-0.3, -0.25) is 4.79 Å². The van der Waals surface area contributed by atoms with Gasteiger partial charge in [-0.15, -0.1) is 0 Å². The maximum atomic E-state index is 13.5. The molecule has 1 aliphatic rings. The molecule has 1 unspecified atom stereocenters. The van der Waals surface area contributed by atoms with Crippen LogP contribution in [0.4, 0.5) is 5.82 Å². The third-order valence-electron chi connectivity index (χ3n) is 6.03. The molecule has 0 aliphatic carbocycles. The number of carbonyl (C=O) groups excluding carboxylic acids is 1. The standard InChI is InChI=1S/C29H25N3O4S/c1-2-36-28(35)23-22(19-13-15-21(33)16-14-19)24-26(30-25(23)20-11-7-4-8-12-20)31-29(32-27(24)34)37-17-18-9-5-3-6-10-18/h3-16,22,33H,2,17H2,1H3,(H2,30,31,32,34). The van der Waals surface area contributed by atoms with Crippen molar-refractivity contribution in [2.45, 2.75) is 23.8 Å². The summed E-state index contributed by atoms with van der Waals surface area (Å²) in [5, 5.41) is 13.6. The molecule has 8 heteroatoms. The van der Waals surface area contributed by atoms with E-state index in [4.69, 9.17) is 9.72 Å². The van der Waals surface area contributed by atoms with Crippen LogP contribution in [-0.2, 0) is 15.3 Å². The van der Waals surface area contributed by atoms with Crippen LogP contribution in [-0.4, -0.2) is 27.7 Å². The summed E-state index contributed by atoms with van der Waals surface area (Å²) in [5.41, 5.74) is 3.34. The number of phenolic OH excluding ortho intramolecular Hbond substituents is 1. The van der Waals surface area contributed by atoms with Crippen LogP contribution in [0, 0.1) is 0 Å². The van der Waals surface area contributed by atoms with Crippen LogP contribution in [0.5, 0.6) is 5.75 Å². The van der Waals surface area contributed by atoms with Gasteiger partial charge < -0.3 is 20.1 Å². The lowest BCUT2D eigenvalue weighted by Crippen LogP contribution is -2.31. The van der Waals surface area contributed by atoms with Crippen LogP contribution in [0.15, 0.2) is 100 Å². The van der Waals surface area contributed by atoms with E-state index in [1.165, 1.54) is 23.9 Å². The molecule has 7 nitrogen and oxygen atoms in total. The number of thioether (sulfide) groups is 1. The second-order valence-corrected chi connectivity index (χ2v) is 9.40. The number of nitrogens with one attached hydrogen (secondary N) is 2. The molecule has 37 heavy (non-hydrogen) atoms. The number of ether oxygens (including phenoxy) is 1. The molecule has 0 saturated carbocycles. The molecule has 0 bridgehead atoms. The Morgan fingerprint density at radius 3 is 2.35 bits per heavy atom. The summed E-state index contributed by atoms with van der Waals surface area (Å²) in [5.74, 6) is -0.179. The summed E-state index contributed by atoms with van der Waals surface area (Å²) in [6.45, 7) is 1.92. The zero-order chi connectivity index (χ0) is 25.8. The van der Waals surface area contributed by atoms with E-state index in [0.717, 1.165) is 11.1 Å². The summed E-state index contributed by atoms with van der Waals surface area (Å²) in [6, 6.07) is 25.8. The maximum absolute atomic E-state index is 13.5. The van der Waals surface area contributed by atoms with Gasteiger partial charge in [-0.05, 0) is 35.7 Å². The highest BCUT2D eigenvalue weighted by molar-refractivity contribution is 7.98. The first kappa shape index (κ1) is 24.4. The number of anilines is 1. The second kappa shape index (κ2) is 10.8. The minimum Gasteiger partial charge on any atom is -0.508 e. The molecule has 0 saturated heterocycles. The monoisotopic (exact) mass is 511 g/mol. The Hall–Kier alpha value is -4.30. The predicted molar refractivity (Wildman–Crippen MR) is 144 cm³/mol. The highest BCUT2D eigenvalue weighted by Gasteiger charge is 2.38. The third-order valence-corrected chi connectivity index (χ3v) is 6.97. The molecule has 0 fully saturated rings. The van der Waals surface area contributed by atoms with Gasteiger partial charge in [-0.1, -0.05) is 84.6 Å². The van der Waals surface area contributed by atoms with Crippen molar-refractivity contribution >= 4 is 29.2 Å². The van der Waals surface area contributed by atoms with E-state index >= 15 is 0 Å². The smallest absolute Gasteiger partial charge is 0.337 e. The molecule has 186 valence electrons. The second-order valence-electron chi connectivity index (χ2n) is 8.43. The van der Waals surface area contributed by atoms with Crippen molar-refractivity contribution < 1.29 is 14.6 Å². The topological polar surface area (TPSA) is 104 Å². The minimum atomic E-state index is -0.754. The minimum absolute atomic E-state index is 0.0857. The highest BCUT2D eigenvalue weighted by Crippen LogP contribution is 2.43. The number of aromatic hydroxyl groups is 1. The van der Waals surface area contributed by atoms with Crippen molar-refractivity contribution in [1.29, 1.82) is 0 Å². The predicted octanol–water partition coefficient (Wildman–Crippen LogP) is 5.30. The number of nitrogens with zero attached hydrogens (tertiary/aromatic N) is 1. The molecular weight excluding hydrogens is 486 g/mol. The summed E-state index contributed by atoms with van der Waals surface area (Å²) in [4.78, 5) is 34.6. The molecule has 5 rings (SSSR count). The van der Waals surface area contributed by atoms with Crippen molar-refractivity contribution in [2.75, 3.05) is 11.9 Å². The number of H-pyrrole nitrogens is 1. The first-order chi connectivity index (χ1) is 18.0. The molecule has 2 heterocycles. The first-order valence-corrected chi connectivity index (χ1v) is 12.9. The third kappa shape index (κ3) is 5.15. The van der Waals surface area contributed by atoms with Gasteiger partial charge in [0, 0.05) is 5.75 Å². The summed E-state index contributed by atoms with van der Waals surface area (Å²) in [6.07, 6.45) is 0. The quantitative estimate of drug-likeness (QED) is 0.176. The number of hydrogen-bond donors (Lipinski definition) is 3. The Kier molecular flexibility index (Phi) is 7.09. The average Bonchev–Trinajstić information content (AvgIpc) is 2.92. The number of hydrogen-bond acceptors (Lipinski definition) is 7. The fourth-order valence-electron chi connectivity index (χ4n) is 4.35. The highest BCUT2D eigenvalue weighted by atomic mass is 32.2. The Bertz CT molecular complexity index is 1500. The molecule has 4 aromatic rings. The Balaban J connectivity index is 1.67. The van der Waals surface area contributed by atoms with E-state index in [-0.39, 0.29) is 17.9 Å². The zero-order valence-electron chi connectivity index (χ0n) is 20.1. The Morgan fingerprint density at radius 1 is 1.00 bits per heavy atom. The summed E-state index contributed by atoms with van der Waals surface area (Å²) in [7, 11) is 0.